The van der Waals surface area contributed by atoms with Crippen molar-refractivity contribution in [1.82, 2.24) is 0 Å². The van der Waals surface area contributed by atoms with Crippen LogP contribution in [0.1, 0.15) is 104 Å². The Labute approximate surface area is 178 Å². The molecule has 0 heterocycles. The van der Waals surface area contributed by atoms with E-state index in [2.05, 4.69) is 13.5 Å². The first-order valence-electron chi connectivity index (χ1n) is 11.7. The Bertz CT molecular complexity index is 548. The zero-order chi connectivity index (χ0) is 21.2. The summed E-state index contributed by atoms with van der Waals surface area (Å²) in [6, 6.07) is 7.18. The lowest BCUT2D eigenvalue weighted by Gasteiger charge is -2.08. The van der Waals surface area contributed by atoms with Crippen molar-refractivity contribution in [3.63, 3.8) is 0 Å². The highest BCUT2D eigenvalue weighted by Crippen LogP contribution is 2.19. The molecule has 0 aromatic heterocycles. The van der Waals surface area contributed by atoms with Crippen LogP contribution in [0.25, 0.3) is 0 Å². The molecule has 0 unspecified atom stereocenters. The van der Waals surface area contributed by atoms with Gasteiger partial charge in [0, 0.05) is 5.57 Å². The van der Waals surface area contributed by atoms with Crippen molar-refractivity contribution in [1.29, 1.82) is 0 Å². The normalized spacial score (nSPS) is 10.7. The summed E-state index contributed by atoms with van der Waals surface area (Å²) in [5.41, 5.74) is 0.392. The molecule has 0 N–H and O–H groups in total. The maximum atomic E-state index is 11.5. The summed E-state index contributed by atoms with van der Waals surface area (Å²) < 4.78 is 10.9. The number of esters is 1. The SMILES string of the molecule is C=C(C)C(=O)Oc1ccc(OCCCCCCCCCCCCCCCC)cc1. The molecule has 0 radical (unpaired) electrons. The van der Waals surface area contributed by atoms with Crippen LogP contribution in [0.15, 0.2) is 36.4 Å². The second kappa shape index (κ2) is 17.1. The lowest BCUT2D eigenvalue weighted by atomic mass is 10.0. The molecule has 1 rings (SSSR count). The predicted octanol–water partition coefficient (Wildman–Crippen LogP) is 8.03. The first-order valence-corrected chi connectivity index (χ1v) is 11.7. The van der Waals surface area contributed by atoms with E-state index < -0.39 is 5.97 Å². The monoisotopic (exact) mass is 402 g/mol. The van der Waals surface area contributed by atoms with E-state index in [-0.39, 0.29) is 0 Å². The maximum Gasteiger partial charge on any atom is 0.338 e. The van der Waals surface area contributed by atoms with Gasteiger partial charge in [0.05, 0.1) is 6.61 Å². The molecule has 0 bridgehead atoms. The summed E-state index contributed by atoms with van der Waals surface area (Å²) >= 11 is 0. The highest BCUT2D eigenvalue weighted by atomic mass is 16.5. The van der Waals surface area contributed by atoms with Gasteiger partial charge in [0.15, 0.2) is 0 Å². The molecule has 29 heavy (non-hydrogen) atoms. The van der Waals surface area contributed by atoms with Gasteiger partial charge in [0.1, 0.15) is 11.5 Å². The highest BCUT2D eigenvalue weighted by Gasteiger charge is 2.05. The Hall–Kier alpha value is -1.77. The maximum absolute atomic E-state index is 11.5. The van der Waals surface area contributed by atoms with E-state index in [0.29, 0.717) is 11.3 Å². The van der Waals surface area contributed by atoms with E-state index >= 15 is 0 Å². The van der Waals surface area contributed by atoms with Gasteiger partial charge in [-0.2, -0.15) is 0 Å². The van der Waals surface area contributed by atoms with Crippen LogP contribution in [0.3, 0.4) is 0 Å². The number of hydrogen-bond donors (Lipinski definition) is 0. The van der Waals surface area contributed by atoms with Gasteiger partial charge in [-0.3, -0.25) is 0 Å². The van der Waals surface area contributed by atoms with Crippen LogP contribution in [0.4, 0.5) is 0 Å². The average Bonchev–Trinajstić information content (AvgIpc) is 2.72. The molecule has 0 saturated carbocycles. The van der Waals surface area contributed by atoms with Crippen molar-refractivity contribution in [3.05, 3.63) is 36.4 Å². The lowest BCUT2D eigenvalue weighted by Crippen LogP contribution is -2.08. The van der Waals surface area contributed by atoms with Gasteiger partial charge in [0.25, 0.3) is 0 Å². The molecule has 0 aliphatic rings. The summed E-state index contributed by atoms with van der Waals surface area (Å²) in [5, 5.41) is 0. The summed E-state index contributed by atoms with van der Waals surface area (Å²) in [6.07, 6.45) is 19.0. The van der Waals surface area contributed by atoms with Gasteiger partial charge in [-0.25, -0.2) is 4.79 Å². The number of hydrogen-bond acceptors (Lipinski definition) is 3. The van der Waals surface area contributed by atoms with Crippen LogP contribution in [-0.2, 0) is 4.79 Å². The average molecular weight is 403 g/mol. The summed E-state index contributed by atoms with van der Waals surface area (Å²) in [7, 11) is 0. The molecule has 0 aliphatic heterocycles. The molecule has 0 aliphatic carbocycles. The minimum absolute atomic E-state index is 0.392. The molecule has 3 heteroatoms. The fourth-order valence-corrected chi connectivity index (χ4v) is 3.28. The molecule has 3 nitrogen and oxygen atoms in total. The van der Waals surface area contributed by atoms with Crippen molar-refractivity contribution in [2.75, 3.05) is 6.61 Å². The standard InChI is InChI=1S/C26H42O3/c1-4-5-6-7-8-9-10-11-12-13-14-15-16-17-22-28-24-18-20-25(21-19-24)29-26(27)23(2)3/h18-21H,2,4-17,22H2,1,3H3. The first kappa shape index (κ1) is 25.3. The Kier molecular flexibility index (Phi) is 14.9. The quantitative estimate of drug-likeness (QED) is 0.108. The van der Waals surface area contributed by atoms with E-state index in [0.717, 1.165) is 18.8 Å². The van der Waals surface area contributed by atoms with Crippen molar-refractivity contribution >= 4 is 5.97 Å². The predicted molar refractivity (Wildman–Crippen MR) is 123 cm³/mol. The summed E-state index contributed by atoms with van der Waals surface area (Å²) in [6.45, 7) is 8.22. The van der Waals surface area contributed by atoms with Crippen molar-refractivity contribution in [2.24, 2.45) is 0 Å². The minimum Gasteiger partial charge on any atom is -0.494 e. The van der Waals surface area contributed by atoms with Crippen LogP contribution in [-0.4, -0.2) is 12.6 Å². The third-order valence-corrected chi connectivity index (χ3v) is 5.15. The fourth-order valence-electron chi connectivity index (χ4n) is 3.28. The molecule has 0 saturated heterocycles. The number of ether oxygens (including phenoxy) is 2. The van der Waals surface area contributed by atoms with Gasteiger partial charge in [-0.1, -0.05) is 97.0 Å². The van der Waals surface area contributed by atoms with Crippen LogP contribution in [0.2, 0.25) is 0 Å². The number of unbranched alkanes of at least 4 members (excludes halogenated alkanes) is 13. The van der Waals surface area contributed by atoms with Gasteiger partial charge >= 0.3 is 5.97 Å². The van der Waals surface area contributed by atoms with Crippen molar-refractivity contribution < 1.29 is 14.3 Å². The van der Waals surface area contributed by atoms with E-state index in [1.54, 1.807) is 19.1 Å². The van der Waals surface area contributed by atoms with Gasteiger partial charge < -0.3 is 9.47 Å². The molecule has 0 spiro atoms. The first-order chi connectivity index (χ1) is 14.1. The fraction of sp³-hybridized carbons (Fsp3) is 0.654. The molecule has 0 fully saturated rings. The Morgan fingerprint density at radius 2 is 1.14 bits per heavy atom. The van der Waals surface area contributed by atoms with Crippen LogP contribution in [0.5, 0.6) is 11.5 Å². The van der Waals surface area contributed by atoms with Crippen LogP contribution < -0.4 is 9.47 Å². The van der Waals surface area contributed by atoms with Gasteiger partial charge in [-0.05, 0) is 37.6 Å². The minimum atomic E-state index is -0.402. The summed E-state index contributed by atoms with van der Waals surface area (Å²) in [4.78, 5) is 11.5. The van der Waals surface area contributed by atoms with Crippen LogP contribution in [0, 0.1) is 0 Å². The molecule has 0 amide bonds. The topological polar surface area (TPSA) is 35.5 Å². The molecule has 0 atom stereocenters. The highest BCUT2D eigenvalue weighted by molar-refractivity contribution is 5.88. The van der Waals surface area contributed by atoms with Crippen molar-refractivity contribution in [2.45, 2.75) is 104 Å². The largest absolute Gasteiger partial charge is 0.494 e. The van der Waals surface area contributed by atoms with Crippen LogP contribution >= 0.6 is 0 Å². The van der Waals surface area contributed by atoms with E-state index in [9.17, 15) is 4.79 Å². The second-order valence-corrected chi connectivity index (χ2v) is 8.09. The Morgan fingerprint density at radius 1 is 0.724 bits per heavy atom. The number of benzene rings is 1. The second-order valence-electron chi connectivity index (χ2n) is 8.09. The smallest absolute Gasteiger partial charge is 0.338 e. The Balaban J connectivity index is 1.91. The van der Waals surface area contributed by atoms with Crippen molar-refractivity contribution in [3.8, 4) is 11.5 Å². The third kappa shape index (κ3) is 13.9. The van der Waals surface area contributed by atoms with E-state index in [1.807, 2.05) is 12.1 Å². The lowest BCUT2D eigenvalue weighted by molar-refractivity contribution is -0.130. The zero-order valence-corrected chi connectivity index (χ0v) is 18.8. The molecule has 164 valence electrons. The molecule has 1 aromatic carbocycles. The van der Waals surface area contributed by atoms with Gasteiger partial charge in [0.2, 0.25) is 0 Å². The van der Waals surface area contributed by atoms with E-state index in [4.69, 9.17) is 9.47 Å². The molecular weight excluding hydrogens is 360 g/mol. The van der Waals surface area contributed by atoms with E-state index in [1.165, 1.54) is 83.5 Å². The number of carbonyl (C=O) groups is 1. The third-order valence-electron chi connectivity index (χ3n) is 5.15. The van der Waals surface area contributed by atoms with Gasteiger partial charge in [-0.15, -0.1) is 0 Å². The molecular formula is C26H42O3. The number of rotatable bonds is 18. The Morgan fingerprint density at radius 3 is 1.59 bits per heavy atom. The summed E-state index contributed by atoms with van der Waals surface area (Å²) in [5.74, 6) is 0.928. The number of carbonyl (C=O) groups excluding carboxylic acids is 1. The zero-order valence-electron chi connectivity index (χ0n) is 18.8. The molecule has 1 aromatic rings.